The Hall–Kier alpha value is 0.270. The van der Waals surface area contributed by atoms with Crippen LogP contribution in [-0.2, 0) is 0 Å². The van der Waals surface area contributed by atoms with E-state index in [0.717, 1.165) is 17.2 Å². The van der Waals surface area contributed by atoms with Crippen LogP contribution in [0.15, 0.2) is 0 Å². The van der Waals surface area contributed by atoms with Gasteiger partial charge in [0.15, 0.2) is 0 Å². The third-order valence-corrected chi connectivity index (χ3v) is 6.78. The monoisotopic (exact) mass is 284 g/mol. The molecule has 0 spiro atoms. The average Bonchev–Trinajstić information content (AvgIpc) is 2.39. The summed E-state index contributed by atoms with van der Waals surface area (Å²) in [6.45, 7) is 11.0. The van der Waals surface area contributed by atoms with E-state index < -0.39 is 0 Å². The molecule has 2 nitrogen and oxygen atoms in total. The van der Waals surface area contributed by atoms with Gasteiger partial charge >= 0.3 is 0 Å². The molecule has 19 heavy (non-hydrogen) atoms. The normalized spacial score (nSPS) is 41.4. The zero-order valence-electron chi connectivity index (χ0n) is 13.2. The SMILES string of the molecule is CNCC1(CN2CCSC(C)C2C)CCC(C)CC1. The lowest BCUT2D eigenvalue weighted by molar-refractivity contribution is 0.0698. The van der Waals surface area contributed by atoms with Crippen molar-refractivity contribution in [2.75, 3.05) is 32.4 Å². The Kier molecular flexibility index (Phi) is 5.62. The van der Waals surface area contributed by atoms with E-state index in [1.54, 1.807) is 0 Å². The van der Waals surface area contributed by atoms with Crippen LogP contribution < -0.4 is 5.32 Å². The summed E-state index contributed by atoms with van der Waals surface area (Å²) in [6, 6.07) is 0.742. The maximum absolute atomic E-state index is 3.48. The summed E-state index contributed by atoms with van der Waals surface area (Å²) >= 11 is 2.15. The van der Waals surface area contributed by atoms with Crippen molar-refractivity contribution < 1.29 is 0 Å². The van der Waals surface area contributed by atoms with Gasteiger partial charge in [-0.3, -0.25) is 4.90 Å². The highest BCUT2D eigenvalue weighted by molar-refractivity contribution is 8.00. The molecule has 0 bridgehead atoms. The second-order valence-electron chi connectivity index (χ2n) is 7.00. The molecule has 1 saturated heterocycles. The first-order valence-electron chi connectivity index (χ1n) is 8.06. The van der Waals surface area contributed by atoms with Crippen molar-refractivity contribution in [3.05, 3.63) is 0 Å². The van der Waals surface area contributed by atoms with Crippen molar-refractivity contribution in [1.29, 1.82) is 0 Å². The molecule has 0 radical (unpaired) electrons. The molecule has 2 fully saturated rings. The molecule has 2 unspecified atom stereocenters. The number of hydrogen-bond acceptors (Lipinski definition) is 3. The second-order valence-corrected chi connectivity index (χ2v) is 8.48. The van der Waals surface area contributed by atoms with Crippen LogP contribution in [0, 0.1) is 11.3 Å². The molecule has 0 aromatic carbocycles. The predicted octanol–water partition coefficient (Wildman–Crippen LogP) is 3.23. The smallest absolute Gasteiger partial charge is 0.0184 e. The Labute approximate surface area is 124 Å². The number of hydrogen-bond donors (Lipinski definition) is 1. The standard InChI is InChI=1S/C16H32N2S/c1-13-5-7-16(8-6-13,11-17-4)12-18-9-10-19-15(3)14(18)2/h13-15,17H,5-12H2,1-4H3. The molecule has 0 amide bonds. The number of rotatable bonds is 4. The maximum atomic E-state index is 3.48. The molecule has 1 aliphatic heterocycles. The first-order valence-corrected chi connectivity index (χ1v) is 9.11. The molecule has 2 atom stereocenters. The summed E-state index contributed by atoms with van der Waals surface area (Å²) in [5.41, 5.74) is 0.539. The van der Waals surface area contributed by atoms with Gasteiger partial charge in [0.2, 0.25) is 0 Å². The van der Waals surface area contributed by atoms with Gasteiger partial charge in [0, 0.05) is 36.7 Å². The average molecular weight is 285 g/mol. The molecule has 1 N–H and O–H groups in total. The molecule has 0 aromatic rings. The Morgan fingerprint density at radius 3 is 2.53 bits per heavy atom. The van der Waals surface area contributed by atoms with Gasteiger partial charge in [-0.2, -0.15) is 11.8 Å². The highest BCUT2D eigenvalue weighted by Crippen LogP contribution is 2.40. The largest absolute Gasteiger partial charge is 0.319 e. The maximum Gasteiger partial charge on any atom is 0.0184 e. The Balaban J connectivity index is 1.99. The summed E-state index contributed by atoms with van der Waals surface area (Å²) in [4.78, 5) is 2.77. The second kappa shape index (κ2) is 6.82. The van der Waals surface area contributed by atoms with E-state index in [0.29, 0.717) is 5.41 Å². The number of nitrogens with one attached hydrogen (secondary N) is 1. The summed E-state index contributed by atoms with van der Waals surface area (Å²) < 4.78 is 0. The Bertz CT molecular complexity index is 274. The van der Waals surface area contributed by atoms with Gasteiger partial charge in [0.1, 0.15) is 0 Å². The van der Waals surface area contributed by atoms with Crippen LogP contribution in [0.3, 0.4) is 0 Å². The fourth-order valence-corrected chi connectivity index (χ4v) is 4.95. The van der Waals surface area contributed by atoms with Gasteiger partial charge in [-0.25, -0.2) is 0 Å². The van der Waals surface area contributed by atoms with Crippen molar-refractivity contribution in [2.45, 2.75) is 57.7 Å². The van der Waals surface area contributed by atoms with Crippen molar-refractivity contribution in [3.63, 3.8) is 0 Å². The molecule has 0 aromatic heterocycles. The lowest BCUT2D eigenvalue weighted by Crippen LogP contribution is -2.52. The minimum absolute atomic E-state index is 0.539. The van der Waals surface area contributed by atoms with Gasteiger partial charge in [0.25, 0.3) is 0 Å². The first kappa shape index (κ1) is 15.7. The van der Waals surface area contributed by atoms with Gasteiger partial charge < -0.3 is 5.32 Å². The number of thioether (sulfide) groups is 1. The minimum atomic E-state index is 0.539. The van der Waals surface area contributed by atoms with Crippen molar-refractivity contribution in [1.82, 2.24) is 10.2 Å². The third kappa shape index (κ3) is 3.89. The highest BCUT2D eigenvalue weighted by atomic mass is 32.2. The molecule has 2 rings (SSSR count). The molecule has 1 saturated carbocycles. The lowest BCUT2D eigenvalue weighted by atomic mass is 9.70. The van der Waals surface area contributed by atoms with Gasteiger partial charge in [-0.15, -0.1) is 0 Å². The van der Waals surface area contributed by atoms with Gasteiger partial charge in [0.05, 0.1) is 0 Å². The Morgan fingerprint density at radius 2 is 1.89 bits per heavy atom. The van der Waals surface area contributed by atoms with E-state index in [1.807, 2.05) is 0 Å². The fourth-order valence-electron chi connectivity index (χ4n) is 3.79. The van der Waals surface area contributed by atoms with E-state index >= 15 is 0 Å². The zero-order chi connectivity index (χ0) is 13.9. The van der Waals surface area contributed by atoms with Crippen LogP contribution in [0.1, 0.15) is 46.5 Å². The minimum Gasteiger partial charge on any atom is -0.319 e. The van der Waals surface area contributed by atoms with E-state index in [-0.39, 0.29) is 0 Å². The van der Waals surface area contributed by atoms with E-state index in [1.165, 1.54) is 51.1 Å². The summed E-state index contributed by atoms with van der Waals surface area (Å²) in [6.07, 6.45) is 5.68. The Morgan fingerprint density at radius 1 is 1.21 bits per heavy atom. The van der Waals surface area contributed by atoms with Crippen LogP contribution in [0.4, 0.5) is 0 Å². The lowest BCUT2D eigenvalue weighted by Gasteiger charge is -2.47. The molecular weight excluding hydrogens is 252 g/mol. The quantitative estimate of drug-likeness (QED) is 0.853. The van der Waals surface area contributed by atoms with Crippen LogP contribution in [-0.4, -0.2) is 48.6 Å². The number of nitrogens with zero attached hydrogens (tertiary/aromatic N) is 1. The van der Waals surface area contributed by atoms with Crippen LogP contribution in [0.2, 0.25) is 0 Å². The topological polar surface area (TPSA) is 15.3 Å². The highest BCUT2D eigenvalue weighted by Gasteiger charge is 2.37. The van der Waals surface area contributed by atoms with Crippen LogP contribution in [0.25, 0.3) is 0 Å². The third-order valence-electron chi connectivity index (χ3n) is 5.44. The molecular formula is C16H32N2S. The van der Waals surface area contributed by atoms with Crippen molar-refractivity contribution >= 4 is 11.8 Å². The first-order chi connectivity index (χ1) is 9.06. The van der Waals surface area contributed by atoms with Crippen molar-refractivity contribution in [2.24, 2.45) is 11.3 Å². The summed E-state index contributed by atoms with van der Waals surface area (Å²) in [5.74, 6) is 2.26. The van der Waals surface area contributed by atoms with E-state index in [4.69, 9.17) is 0 Å². The van der Waals surface area contributed by atoms with Gasteiger partial charge in [-0.1, -0.05) is 26.7 Å². The van der Waals surface area contributed by atoms with E-state index in [2.05, 4.69) is 49.8 Å². The summed E-state index contributed by atoms with van der Waals surface area (Å²) in [7, 11) is 2.12. The van der Waals surface area contributed by atoms with E-state index in [9.17, 15) is 0 Å². The molecule has 3 heteroatoms. The predicted molar refractivity (Wildman–Crippen MR) is 86.9 cm³/mol. The fraction of sp³-hybridized carbons (Fsp3) is 1.00. The van der Waals surface area contributed by atoms with Crippen molar-refractivity contribution in [3.8, 4) is 0 Å². The van der Waals surface area contributed by atoms with Crippen LogP contribution in [0.5, 0.6) is 0 Å². The van der Waals surface area contributed by atoms with Gasteiger partial charge in [-0.05, 0) is 38.1 Å². The molecule has 1 heterocycles. The summed E-state index contributed by atoms with van der Waals surface area (Å²) in [5, 5.41) is 4.27. The zero-order valence-corrected chi connectivity index (χ0v) is 14.1. The molecule has 112 valence electrons. The molecule has 1 aliphatic carbocycles. The van der Waals surface area contributed by atoms with Crippen LogP contribution >= 0.6 is 11.8 Å². The molecule has 2 aliphatic rings.